The van der Waals surface area contributed by atoms with E-state index in [0.717, 1.165) is 6.16 Å². The number of hydrogen-bond acceptors (Lipinski definition) is 0. The minimum absolute atomic E-state index is 1.04. The van der Waals surface area contributed by atoms with Gasteiger partial charge >= 0.3 is 0 Å². The summed E-state index contributed by atoms with van der Waals surface area (Å²) in [5.74, 6) is 0. The standard InChI is InChI=1S/C28H28P/c1-22-18-19-23(2)25(20-22)21-29(26-13-6-4-7-14-26,27-15-8-5-9-16-27)28-17-11-10-12-24(28)3/h4-20H,21H2,1-3H3/q+1. The van der Waals surface area contributed by atoms with Gasteiger partial charge in [0.2, 0.25) is 0 Å². The van der Waals surface area contributed by atoms with Gasteiger partial charge in [-0.3, -0.25) is 0 Å². The van der Waals surface area contributed by atoms with Gasteiger partial charge in [0.1, 0.15) is 23.2 Å². The minimum Gasteiger partial charge on any atom is -0.0620 e. The van der Waals surface area contributed by atoms with Crippen LogP contribution in [0.25, 0.3) is 0 Å². The second-order valence-corrected chi connectivity index (χ2v) is 11.3. The highest BCUT2D eigenvalue weighted by Gasteiger charge is 2.46. The predicted molar refractivity (Wildman–Crippen MR) is 130 cm³/mol. The molecule has 0 radical (unpaired) electrons. The summed E-state index contributed by atoms with van der Waals surface area (Å²) >= 11 is 0. The van der Waals surface area contributed by atoms with Crippen LogP contribution in [0.15, 0.2) is 103 Å². The molecule has 144 valence electrons. The van der Waals surface area contributed by atoms with Crippen LogP contribution in [0.1, 0.15) is 22.3 Å². The van der Waals surface area contributed by atoms with Crippen molar-refractivity contribution < 1.29 is 0 Å². The molecule has 0 amide bonds. The van der Waals surface area contributed by atoms with Crippen molar-refractivity contribution in [1.82, 2.24) is 0 Å². The minimum atomic E-state index is -1.86. The molecule has 0 aromatic heterocycles. The first-order valence-electron chi connectivity index (χ1n) is 10.2. The summed E-state index contributed by atoms with van der Waals surface area (Å²) in [5, 5.41) is 4.38. The van der Waals surface area contributed by atoms with Crippen molar-refractivity contribution >= 4 is 23.2 Å². The van der Waals surface area contributed by atoms with Crippen LogP contribution in [0.5, 0.6) is 0 Å². The Kier molecular flexibility index (Phi) is 5.65. The molecule has 0 N–H and O–H groups in total. The van der Waals surface area contributed by atoms with Crippen molar-refractivity contribution in [2.75, 3.05) is 0 Å². The maximum absolute atomic E-state index is 2.38. The van der Waals surface area contributed by atoms with Gasteiger partial charge in [0.15, 0.2) is 0 Å². The van der Waals surface area contributed by atoms with Crippen molar-refractivity contribution in [1.29, 1.82) is 0 Å². The van der Waals surface area contributed by atoms with E-state index in [9.17, 15) is 0 Å². The fourth-order valence-electron chi connectivity index (χ4n) is 4.28. The van der Waals surface area contributed by atoms with Crippen LogP contribution in [0.4, 0.5) is 0 Å². The van der Waals surface area contributed by atoms with E-state index in [2.05, 4.69) is 124 Å². The summed E-state index contributed by atoms with van der Waals surface area (Å²) in [4.78, 5) is 0. The largest absolute Gasteiger partial charge is 0.116 e. The Balaban J connectivity index is 2.06. The smallest absolute Gasteiger partial charge is 0.0620 e. The molecule has 4 rings (SSSR count). The SMILES string of the molecule is Cc1ccc(C)c(C[P+](c2ccccc2)(c2ccccc2)c2ccccc2C)c1. The maximum Gasteiger partial charge on any atom is 0.116 e. The van der Waals surface area contributed by atoms with E-state index < -0.39 is 7.26 Å². The third-order valence-corrected chi connectivity index (χ3v) is 10.3. The van der Waals surface area contributed by atoms with E-state index >= 15 is 0 Å². The molecule has 29 heavy (non-hydrogen) atoms. The van der Waals surface area contributed by atoms with Crippen LogP contribution in [-0.2, 0) is 6.16 Å². The Hall–Kier alpha value is -2.69. The van der Waals surface area contributed by atoms with Crippen LogP contribution in [-0.4, -0.2) is 0 Å². The molecule has 0 atom stereocenters. The zero-order chi connectivity index (χ0) is 20.3. The highest BCUT2D eigenvalue weighted by atomic mass is 31.2. The van der Waals surface area contributed by atoms with Crippen molar-refractivity contribution in [3.8, 4) is 0 Å². The molecule has 0 unspecified atom stereocenters. The Morgan fingerprint density at radius 3 is 1.69 bits per heavy atom. The number of benzene rings is 4. The summed E-state index contributed by atoms with van der Waals surface area (Å²) in [7, 11) is -1.86. The number of rotatable bonds is 5. The van der Waals surface area contributed by atoms with Crippen LogP contribution in [0.2, 0.25) is 0 Å². The highest BCUT2D eigenvalue weighted by molar-refractivity contribution is 7.95. The van der Waals surface area contributed by atoms with Crippen LogP contribution >= 0.6 is 7.26 Å². The molecule has 0 nitrogen and oxygen atoms in total. The molecule has 0 spiro atoms. The fraction of sp³-hybridized carbons (Fsp3) is 0.143. The van der Waals surface area contributed by atoms with Gasteiger partial charge in [0, 0.05) is 0 Å². The molecule has 4 aromatic rings. The number of hydrogen-bond donors (Lipinski definition) is 0. The van der Waals surface area contributed by atoms with Crippen molar-refractivity contribution in [2.45, 2.75) is 26.9 Å². The maximum atomic E-state index is 2.38. The Bertz CT molecular complexity index is 1060. The molecule has 0 aliphatic carbocycles. The molecule has 4 aromatic carbocycles. The summed E-state index contributed by atoms with van der Waals surface area (Å²) < 4.78 is 0. The molecule has 0 saturated carbocycles. The molecule has 0 fully saturated rings. The van der Waals surface area contributed by atoms with Crippen molar-refractivity contribution in [2.24, 2.45) is 0 Å². The lowest BCUT2D eigenvalue weighted by Gasteiger charge is -2.29. The van der Waals surface area contributed by atoms with Gasteiger partial charge in [-0.25, -0.2) is 0 Å². The van der Waals surface area contributed by atoms with Gasteiger partial charge < -0.3 is 0 Å². The topological polar surface area (TPSA) is 0 Å². The third kappa shape index (κ3) is 3.78. The average Bonchev–Trinajstić information content (AvgIpc) is 2.76. The van der Waals surface area contributed by atoms with Crippen LogP contribution in [0.3, 0.4) is 0 Å². The lowest BCUT2D eigenvalue weighted by molar-refractivity contribution is 1.26. The quantitative estimate of drug-likeness (QED) is 0.358. The molecule has 0 aliphatic rings. The van der Waals surface area contributed by atoms with E-state index in [4.69, 9.17) is 0 Å². The molecule has 0 saturated heterocycles. The Labute approximate surface area is 175 Å². The first-order valence-corrected chi connectivity index (χ1v) is 12.2. The summed E-state index contributed by atoms with van der Waals surface area (Å²) in [6.45, 7) is 6.71. The third-order valence-electron chi connectivity index (χ3n) is 5.83. The zero-order valence-corrected chi connectivity index (χ0v) is 18.4. The second kappa shape index (κ2) is 8.36. The zero-order valence-electron chi connectivity index (χ0n) is 17.5. The lowest BCUT2D eigenvalue weighted by atomic mass is 10.1. The lowest BCUT2D eigenvalue weighted by Crippen LogP contribution is -2.34. The number of aryl methyl sites for hydroxylation is 3. The van der Waals surface area contributed by atoms with E-state index in [-0.39, 0.29) is 0 Å². The van der Waals surface area contributed by atoms with Gasteiger partial charge in [-0.15, -0.1) is 0 Å². The molecule has 0 bridgehead atoms. The average molecular weight is 396 g/mol. The van der Waals surface area contributed by atoms with Crippen molar-refractivity contribution in [3.05, 3.63) is 125 Å². The van der Waals surface area contributed by atoms with Gasteiger partial charge in [-0.05, 0) is 67.8 Å². The molecule has 0 heterocycles. The summed E-state index contributed by atoms with van der Waals surface area (Å²) in [5.41, 5.74) is 5.53. The first kappa shape index (κ1) is 19.6. The van der Waals surface area contributed by atoms with E-state index in [0.29, 0.717) is 0 Å². The van der Waals surface area contributed by atoms with Crippen molar-refractivity contribution in [3.63, 3.8) is 0 Å². The first-order chi connectivity index (χ1) is 14.1. The summed E-state index contributed by atoms with van der Waals surface area (Å²) in [6.07, 6.45) is 1.04. The normalized spacial score (nSPS) is 11.4. The molecular weight excluding hydrogens is 367 g/mol. The van der Waals surface area contributed by atoms with Gasteiger partial charge in [-0.2, -0.15) is 0 Å². The molecular formula is C28H28P+. The highest BCUT2D eigenvalue weighted by Crippen LogP contribution is 2.59. The van der Waals surface area contributed by atoms with E-state index in [1.54, 1.807) is 0 Å². The summed E-state index contributed by atoms with van der Waals surface area (Å²) in [6, 6.07) is 38.2. The fourth-order valence-corrected chi connectivity index (χ4v) is 8.90. The van der Waals surface area contributed by atoms with Crippen LogP contribution in [0, 0.1) is 20.8 Å². The van der Waals surface area contributed by atoms with Gasteiger partial charge in [0.25, 0.3) is 0 Å². The van der Waals surface area contributed by atoms with Gasteiger partial charge in [-0.1, -0.05) is 78.4 Å². The van der Waals surface area contributed by atoms with Crippen LogP contribution < -0.4 is 15.9 Å². The monoisotopic (exact) mass is 395 g/mol. The molecule has 0 aliphatic heterocycles. The Morgan fingerprint density at radius 1 is 0.552 bits per heavy atom. The molecule has 1 heteroatoms. The van der Waals surface area contributed by atoms with E-state index in [1.165, 1.54) is 38.2 Å². The Morgan fingerprint density at radius 2 is 1.10 bits per heavy atom. The predicted octanol–water partition coefficient (Wildman–Crippen LogP) is 6.11. The second-order valence-electron chi connectivity index (χ2n) is 7.86. The van der Waals surface area contributed by atoms with E-state index in [1.807, 2.05) is 0 Å². The van der Waals surface area contributed by atoms with Gasteiger partial charge in [0.05, 0.1) is 6.16 Å².